The first-order valence-electron chi connectivity index (χ1n) is 6.45. The predicted octanol–water partition coefficient (Wildman–Crippen LogP) is 2.66. The number of nitrogens with zero attached hydrogens (tertiary/aromatic N) is 3. The van der Waals surface area contributed by atoms with Gasteiger partial charge in [-0.3, -0.25) is 0 Å². The Bertz CT molecular complexity index is 529. The van der Waals surface area contributed by atoms with E-state index in [1.54, 1.807) is 0 Å². The highest BCUT2D eigenvalue weighted by atomic mass is 32.1. The molecule has 1 saturated heterocycles. The van der Waals surface area contributed by atoms with Crippen LogP contribution in [0.3, 0.4) is 0 Å². The summed E-state index contributed by atoms with van der Waals surface area (Å²) in [7, 11) is 2.18. The van der Waals surface area contributed by atoms with Gasteiger partial charge in [0.2, 0.25) is 0 Å². The first-order chi connectivity index (χ1) is 8.65. The molecule has 0 amide bonds. The molecule has 0 saturated carbocycles. The van der Waals surface area contributed by atoms with E-state index >= 15 is 0 Å². The lowest BCUT2D eigenvalue weighted by Gasteiger charge is -2.32. The van der Waals surface area contributed by atoms with Gasteiger partial charge >= 0.3 is 0 Å². The number of hydrogen-bond donors (Lipinski definition) is 0. The van der Waals surface area contributed by atoms with Crippen molar-refractivity contribution in [2.45, 2.75) is 13.8 Å². The molecular formula is C14H19N3S. The third-order valence-electron chi connectivity index (χ3n) is 3.70. The number of thiazole rings is 1. The van der Waals surface area contributed by atoms with Crippen LogP contribution >= 0.6 is 11.3 Å². The zero-order valence-corrected chi connectivity index (χ0v) is 12.0. The largest absolute Gasteiger partial charge is 0.345 e. The van der Waals surface area contributed by atoms with E-state index in [1.807, 2.05) is 11.3 Å². The van der Waals surface area contributed by atoms with Gasteiger partial charge in [-0.15, -0.1) is 0 Å². The fraction of sp³-hybridized carbons (Fsp3) is 0.500. The van der Waals surface area contributed by atoms with E-state index in [9.17, 15) is 0 Å². The van der Waals surface area contributed by atoms with Crippen LogP contribution in [0.2, 0.25) is 0 Å². The lowest BCUT2D eigenvalue weighted by molar-refractivity contribution is 0.313. The summed E-state index contributed by atoms with van der Waals surface area (Å²) in [5.41, 5.74) is 3.81. The van der Waals surface area contributed by atoms with E-state index in [4.69, 9.17) is 4.98 Å². The summed E-state index contributed by atoms with van der Waals surface area (Å²) in [5, 5.41) is 1.19. The van der Waals surface area contributed by atoms with Crippen LogP contribution in [0, 0.1) is 13.8 Å². The summed E-state index contributed by atoms with van der Waals surface area (Å²) in [4.78, 5) is 9.64. The van der Waals surface area contributed by atoms with E-state index in [1.165, 1.54) is 26.5 Å². The van der Waals surface area contributed by atoms with Crippen molar-refractivity contribution in [2.24, 2.45) is 0 Å². The van der Waals surface area contributed by atoms with Gasteiger partial charge in [0.25, 0.3) is 0 Å². The zero-order chi connectivity index (χ0) is 12.7. The zero-order valence-electron chi connectivity index (χ0n) is 11.2. The summed E-state index contributed by atoms with van der Waals surface area (Å²) in [5.74, 6) is 0. The Balaban J connectivity index is 1.98. The van der Waals surface area contributed by atoms with Crippen molar-refractivity contribution < 1.29 is 0 Å². The Kier molecular flexibility index (Phi) is 2.99. The molecule has 1 aromatic carbocycles. The molecule has 0 bridgehead atoms. The minimum atomic E-state index is 1.09. The van der Waals surface area contributed by atoms with Crippen molar-refractivity contribution in [3.05, 3.63) is 23.3 Å². The average Bonchev–Trinajstić information content (AvgIpc) is 2.81. The third-order valence-corrected chi connectivity index (χ3v) is 4.96. The summed E-state index contributed by atoms with van der Waals surface area (Å²) < 4.78 is 1.35. The maximum absolute atomic E-state index is 4.85. The van der Waals surface area contributed by atoms with Crippen molar-refractivity contribution in [3.8, 4) is 0 Å². The van der Waals surface area contributed by atoms with E-state index < -0.39 is 0 Å². The van der Waals surface area contributed by atoms with E-state index in [2.05, 4.69) is 42.8 Å². The summed E-state index contributed by atoms with van der Waals surface area (Å²) in [6.07, 6.45) is 0. The topological polar surface area (TPSA) is 19.4 Å². The minimum Gasteiger partial charge on any atom is -0.345 e. The summed E-state index contributed by atoms with van der Waals surface area (Å²) >= 11 is 1.84. The Morgan fingerprint density at radius 1 is 1.06 bits per heavy atom. The van der Waals surface area contributed by atoms with Crippen LogP contribution in [-0.4, -0.2) is 43.1 Å². The van der Waals surface area contributed by atoms with Gasteiger partial charge in [-0.2, -0.15) is 0 Å². The van der Waals surface area contributed by atoms with Crippen LogP contribution < -0.4 is 4.90 Å². The van der Waals surface area contributed by atoms with Crippen molar-refractivity contribution in [1.82, 2.24) is 9.88 Å². The standard InChI is InChI=1S/C14H19N3S/c1-10-4-5-11(2)13-12(10)15-14(18-13)17-8-6-16(3)7-9-17/h4-5H,6-9H2,1-3H3. The van der Waals surface area contributed by atoms with Gasteiger partial charge in [-0.05, 0) is 32.0 Å². The molecule has 3 nitrogen and oxygen atoms in total. The van der Waals surface area contributed by atoms with Crippen LogP contribution in [0.4, 0.5) is 5.13 Å². The molecule has 1 aromatic heterocycles. The molecule has 4 heteroatoms. The number of piperazine rings is 1. The van der Waals surface area contributed by atoms with Gasteiger partial charge in [0, 0.05) is 26.2 Å². The molecule has 1 fully saturated rings. The van der Waals surface area contributed by atoms with Gasteiger partial charge in [-0.1, -0.05) is 23.5 Å². The van der Waals surface area contributed by atoms with Crippen LogP contribution in [-0.2, 0) is 0 Å². The molecule has 18 heavy (non-hydrogen) atoms. The van der Waals surface area contributed by atoms with Crippen LogP contribution in [0.5, 0.6) is 0 Å². The predicted molar refractivity (Wildman–Crippen MR) is 78.8 cm³/mol. The first kappa shape index (κ1) is 11.9. The van der Waals surface area contributed by atoms with Crippen molar-refractivity contribution in [3.63, 3.8) is 0 Å². The highest BCUT2D eigenvalue weighted by Crippen LogP contribution is 2.33. The van der Waals surface area contributed by atoms with Crippen molar-refractivity contribution in [1.29, 1.82) is 0 Å². The number of aryl methyl sites for hydroxylation is 2. The highest BCUT2D eigenvalue weighted by molar-refractivity contribution is 7.22. The molecule has 0 N–H and O–H groups in total. The molecule has 0 unspecified atom stereocenters. The fourth-order valence-electron chi connectivity index (χ4n) is 2.38. The quantitative estimate of drug-likeness (QED) is 0.787. The number of rotatable bonds is 1. The fourth-order valence-corrected chi connectivity index (χ4v) is 3.54. The third kappa shape index (κ3) is 1.99. The second-order valence-electron chi connectivity index (χ2n) is 5.16. The van der Waals surface area contributed by atoms with Gasteiger partial charge in [0.1, 0.15) is 0 Å². The number of anilines is 1. The molecule has 0 radical (unpaired) electrons. The Labute approximate surface area is 112 Å². The van der Waals surface area contributed by atoms with Gasteiger partial charge in [0.15, 0.2) is 5.13 Å². The molecule has 1 aliphatic heterocycles. The lowest BCUT2D eigenvalue weighted by atomic mass is 10.1. The lowest BCUT2D eigenvalue weighted by Crippen LogP contribution is -2.44. The van der Waals surface area contributed by atoms with Crippen molar-refractivity contribution in [2.75, 3.05) is 38.1 Å². The van der Waals surface area contributed by atoms with Crippen LogP contribution in [0.25, 0.3) is 10.2 Å². The Hall–Kier alpha value is -1.13. The molecule has 0 spiro atoms. The summed E-state index contributed by atoms with van der Waals surface area (Å²) in [6, 6.07) is 4.37. The van der Waals surface area contributed by atoms with E-state index in [0.29, 0.717) is 0 Å². The number of benzene rings is 1. The second kappa shape index (κ2) is 4.52. The van der Waals surface area contributed by atoms with Gasteiger partial charge in [0.05, 0.1) is 10.2 Å². The Morgan fingerprint density at radius 3 is 2.39 bits per heavy atom. The molecule has 96 valence electrons. The normalized spacial score (nSPS) is 17.6. The maximum Gasteiger partial charge on any atom is 0.186 e. The van der Waals surface area contributed by atoms with Gasteiger partial charge in [-0.25, -0.2) is 4.98 Å². The smallest absolute Gasteiger partial charge is 0.186 e. The molecular weight excluding hydrogens is 242 g/mol. The van der Waals surface area contributed by atoms with Crippen molar-refractivity contribution >= 4 is 26.7 Å². The first-order valence-corrected chi connectivity index (χ1v) is 7.27. The number of hydrogen-bond acceptors (Lipinski definition) is 4. The average molecular weight is 261 g/mol. The monoisotopic (exact) mass is 261 g/mol. The van der Waals surface area contributed by atoms with E-state index in [0.717, 1.165) is 26.2 Å². The SMILES string of the molecule is Cc1ccc(C)c2sc(N3CCN(C)CC3)nc12. The minimum absolute atomic E-state index is 1.09. The van der Waals surface area contributed by atoms with Crippen LogP contribution in [0.1, 0.15) is 11.1 Å². The van der Waals surface area contributed by atoms with Gasteiger partial charge < -0.3 is 9.80 Å². The molecule has 1 aliphatic rings. The van der Waals surface area contributed by atoms with E-state index in [-0.39, 0.29) is 0 Å². The molecule has 2 aromatic rings. The number of aromatic nitrogens is 1. The maximum atomic E-state index is 4.85. The van der Waals surface area contributed by atoms with Crippen LogP contribution in [0.15, 0.2) is 12.1 Å². The molecule has 2 heterocycles. The number of fused-ring (bicyclic) bond motifs is 1. The highest BCUT2D eigenvalue weighted by Gasteiger charge is 2.18. The second-order valence-corrected chi connectivity index (χ2v) is 6.14. The summed E-state index contributed by atoms with van der Waals surface area (Å²) in [6.45, 7) is 8.77. The molecule has 3 rings (SSSR count). The molecule has 0 aliphatic carbocycles. The Morgan fingerprint density at radius 2 is 1.72 bits per heavy atom. The number of likely N-dealkylation sites (N-methyl/N-ethyl adjacent to an activating group) is 1. The molecule has 0 atom stereocenters.